The Kier molecular flexibility index (Phi) is 5.92. The van der Waals surface area contributed by atoms with Crippen LogP contribution in [0.2, 0.25) is 5.02 Å². The van der Waals surface area contributed by atoms with Gasteiger partial charge in [-0.2, -0.15) is 4.31 Å². The first-order chi connectivity index (χ1) is 14.3. The second-order valence-electron chi connectivity index (χ2n) is 6.89. The maximum atomic E-state index is 13.3. The minimum atomic E-state index is -3.47. The zero-order valence-electron chi connectivity index (χ0n) is 15.8. The van der Waals surface area contributed by atoms with Gasteiger partial charge in [-0.1, -0.05) is 23.7 Å². The average molecular weight is 465 g/mol. The molecule has 30 heavy (non-hydrogen) atoms. The SMILES string of the molecule is O=C(Nc1ccc(F)c(Cl)c1)c1cccc(-c2ccc(S(=O)(=O)N3CCCC3)s2)c1. The third-order valence-electron chi connectivity index (χ3n) is 4.83. The van der Waals surface area contributed by atoms with Crippen molar-refractivity contribution in [3.63, 3.8) is 0 Å². The van der Waals surface area contributed by atoms with Gasteiger partial charge in [-0.25, -0.2) is 12.8 Å². The smallest absolute Gasteiger partial charge is 0.255 e. The highest BCUT2D eigenvalue weighted by Gasteiger charge is 2.28. The van der Waals surface area contributed by atoms with Gasteiger partial charge >= 0.3 is 0 Å². The van der Waals surface area contributed by atoms with Crippen molar-refractivity contribution in [2.75, 3.05) is 18.4 Å². The lowest BCUT2D eigenvalue weighted by Gasteiger charge is -2.13. The fourth-order valence-corrected chi connectivity index (χ4v) is 6.41. The van der Waals surface area contributed by atoms with Crippen LogP contribution >= 0.6 is 22.9 Å². The number of rotatable bonds is 5. The molecular formula is C21H18ClFN2O3S2. The molecule has 1 N–H and O–H groups in total. The number of carbonyl (C=O) groups excluding carboxylic acids is 1. The molecule has 9 heteroatoms. The summed E-state index contributed by atoms with van der Waals surface area (Å²) in [6.45, 7) is 1.11. The fourth-order valence-electron chi connectivity index (χ4n) is 3.26. The number of nitrogens with zero attached hydrogens (tertiary/aromatic N) is 1. The predicted molar refractivity (Wildman–Crippen MR) is 117 cm³/mol. The second-order valence-corrected chi connectivity index (χ2v) is 10.5. The van der Waals surface area contributed by atoms with Crippen molar-refractivity contribution in [2.24, 2.45) is 0 Å². The third-order valence-corrected chi connectivity index (χ3v) is 8.62. The lowest BCUT2D eigenvalue weighted by atomic mass is 10.1. The summed E-state index contributed by atoms with van der Waals surface area (Å²) in [6, 6.07) is 14.2. The zero-order valence-corrected chi connectivity index (χ0v) is 18.2. The Labute approximate surface area is 183 Å². The number of thiophene rings is 1. The zero-order chi connectivity index (χ0) is 21.3. The van der Waals surface area contributed by atoms with Gasteiger partial charge in [0.2, 0.25) is 0 Å². The van der Waals surface area contributed by atoms with E-state index in [1.807, 2.05) is 6.07 Å². The minimum absolute atomic E-state index is 0.0770. The van der Waals surface area contributed by atoms with Crippen LogP contribution in [-0.2, 0) is 10.0 Å². The van der Waals surface area contributed by atoms with E-state index in [0.29, 0.717) is 28.5 Å². The first-order valence-electron chi connectivity index (χ1n) is 9.31. The van der Waals surface area contributed by atoms with Gasteiger partial charge in [0.05, 0.1) is 5.02 Å². The summed E-state index contributed by atoms with van der Waals surface area (Å²) in [7, 11) is -3.47. The molecule has 1 saturated heterocycles. The van der Waals surface area contributed by atoms with E-state index in [4.69, 9.17) is 11.6 Å². The van der Waals surface area contributed by atoms with Crippen molar-refractivity contribution in [1.29, 1.82) is 0 Å². The van der Waals surface area contributed by atoms with E-state index in [0.717, 1.165) is 23.3 Å². The maximum absolute atomic E-state index is 13.3. The van der Waals surface area contributed by atoms with Gasteiger partial charge in [-0.05, 0) is 60.9 Å². The molecule has 0 spiro atoms. The van der Waals surface area contributed by atoms with Gasteiger partial charge < -0.3 is 5.32 Å². The van der Waals surface area contributed by atoms with Gasteiger partial charge in [-0.15, -0.1) is 11.3 Å². The molecule has 4 rings (SSSR count). The van der Waals surface area contributed by atoms with Crippen LogP contribution in [0.4, 0.5) is 10.1 Å². The summed E-state index contributed by atoms with van der Waals surface area (Å²) in [6.07, 6.45) is 1.77. The Hall–Kier alpha value is -2.26. The first kappa shape index (κ1) is 21.0. The number of hydrogen-bond acceptors (Lipinski definition) is 4. The van der Waals surface area contributed by atoms with E-state index in [-0.39, 0.29) is 10.9 Å². The van der Waals surface area contributed by atoms with E-state index >= 15 is 0 Å². The Balaban J connectivity index is 1.55. The molecule has 2 heterocycles. The molecule has 1 fully saturated rings. The molecule has 2 aromatic carbocycles. The number of halogens is 2. The summed E-state index contributed by atoms with van der Waals surface area (Å²) >= 11 is 6.94. The molecule has 0 unspecified atom stereocenters. The molecule has 3 aromatic rings. The Bertz CT molecular complexity index is 1200. The van der Waals surface area contributed by atoms with Crippen LogP contribution in [0.1, 0.15) is 23.2 Å². The summed E-state index contributed by atoms with van der Waals surface area (Å²) in [5, 5.41) is 2.61. The van der Waals surface area contributed by atoms with Crippen molar-refractivity contribution in [2.45, 2.75) is 17.1 Å². The number of nitrogens with one attached hydrogen (secondary N) is 1. The predicted octanol–water partition coefficient (Wildman–Crippen LogP) is 5.24. The standard InChI is InChI=1S/C21H18ClFN2O3S2/c22-17-13-16(6-7-18(17)23)24-21(26)15-5-3-4-14(12-15)19-8-9-20(29-19)30(27,28)25-10-1-2-11-25/h3-9,12-13H,1-2,10-11H2,(H,24,26). The molecule has 1 amide bonds. The van der Waals surface area contributed by atoms with Crippen molar-refractivity contribution in [3.8, 4) is 10.4 Å². The Morgan fingerprint density at radius 2 is 1.83 bits per heavy atom. The highest BCUT2D eigenvalue weighted by molar-refractivity contribution is 7.91. The van der Waals surface area contributed by atoms with Crippen LogP contribution in [0.15, 0.2) is 58.8 Å². The van der Waals surface area contributed by atoms with Gasteiger partial charge in [0, 0.05) is 29.2 Å². The topological polar surface area (TPSA) is 66.5 Å². The molecule has 0 radical (unpaired) electrons. The highest BCUT2D eigenvalue weighted by atomic mass is 35.5. The van der Waals surface area contributed by atoms with Gasteiger partial charge in [0.25, 0.3) is 15.9 Å². The Morgan fingerprint density at radius 3 is 2.57 bits per heavy atom. The number of sulfonamides is 1. The van der Waals surface area contributed by atoms with Crippen LogP contribution < -0.4 is 5.32 Å². The average Bonchev–Trinajstić information content (AvgIpc) is 3.44. The molecule has 1 aliphatic rings. The summed E-state index contributed by atoms with van der Waals surface area (Å²) in [5.74, 6) is -0.935. The van der Waals surface area contributed by atoms with Crippen molar-refractivity contribution < 1.29 is 17.6 Å². The lowest BCUT2D eigenvalue weighted by Crippen LogP contribution is -2.27. The molecular weight excluding hydrogens is 447 g/mol. The normalized spacial score (nSPS) is 14.7. The number of amides is 1. The van der Waals surface area contributed by atoms with E-state index in [1.54, 1.807) is 30.3 Å². The molecule has 1 aromatic heterocycles. The van der Waals surface area contributed by atoms with E-state index < -0.39 is 15.8 Å². The Morgan fingerprint density at radius 1 is 1.07 bits per heavy atom. The number of hydrogen-bond donors (Lipinski definition) is 1. The van der Waals surface area contributed by atoms with Gasteiger partial charge in [0.1, 0.15) is 10.0 Å². The van der Waals surface area contributed by atoms with E-state index in [2.05, 4.69) is 5.32 Å². The van der Waals surface area contributed by atoms with Crippen LogP contribution in [0.3, 0.4) is 0 Å². The number of benzene rings is 2. The number of anilines is 1. The van der Waals surface area contributed by atoms with E-state index in [1.165, 1.54) is 33.8 Å². The molecule has 0 saturated carbocycles. The van der Waals surface area contributed by atoms with E-state index in [9.17, 15) is 17.6 Å². The quantitative estimate of drug-likeness (QED) is 0.561. The molecule has 0 atom stereocenters. The van der Waals surface area contributed by atoms with Crippen LogP contribution in [0, 0.1) is 5.82 Å². The largest absolute Gasteiger partial charge is 0.322 e. The lowest BCUT2D eigenvalue weighted by molar-refractivity contribution is 0.102. The van der Waals surface area contributed by atoms with Crippen molar-refractivity contribution in [3.05, 3.63) is 71.0 Å². The molecule has 0 bridgehead atoms. The summed E-state index contributed by atoms with van der Waals surface area (Å²) < 4.78 is 40.6. The van der Waals surface area contributed by atoms with Crippen LogP contribution in [-0.4, -0.2) is 31.7 Å². The summed E-state index contributed by atoms with van der Waals surface area (Å²) in [4.78, 5) is 13.3. The second kappa shape index (κ2) is 8.47. The van der Waals surface area contributed by atoms with Gasteiger partial charge in [0.15, 0.2) is 0 Å². The first-order valence-corrected chi connectivity index (χ1v) is 11.9. The number of carbonyl (C=O) groups is 1. The van der Waals surface area contributed by atoms with Crippen LogP contribution in [0.25, 0.3) is 10.4 Å². The summed E-state index contributed by atoms with van der Waals surface area (Å²) in [5.41, 5.74) is 1.52. The molecule has 156 valence electrons. The van der Waals surface area contributed by atoms with Crippen LogP contribution in [0.5, 0.6) is 0 Å². The van der Waals surface area contributed by atoms with Crippen molar-refractivity contribution >= 4 is 44.6 Å². The van der Waals surface area contributed by atoms with Crippen molar-refractivity contribution in [1.82, 2.24) is 4.31 Å². The minimum Gasteiger partial charge on any atom is -0.322 e. The monoisotopic (exact) mass is 464 g/mol. The highest BCUT2D eigenvalue weighted by Crippen LogP contribution is 2.33. The molecule has 1 aliphatic heterocycles. The third kappa shape index (κ3) is 4.27. The fraction of sp³-hybridized carbons (Fsp3) is 0.190. The van der Waals surface area contributed by atoms with Gasteiger partial charge in [-0.3, -0.25) is 4.79 Å². The molecule has 0 aliphatic carbocycles. The molecule has 5 nitrogen and oxygen atoms in total. The maximum Gasteiger partial charge on any atom is 0.255 e.